The van der Waals surface area contributed by atoms with Crippen LogP contribution in [0.1, 0.15) is 215 Å². The molecule has 19 heteroatoms. The summed E-state index contributed by atoms with van der Waals surface area (Å²) in [5.41, 5.74) is 0. The quantitative estimate of drug-likeness (QED) is 0.0231. The molecule has 9 aliphatic rings. The van der Waals surface area contributed by atoms with Crippen LogP contribution in [0, 0.1) is 112 Å². The standard InChI is InChI=1S/C10H14O2.2C10H18O.C10H16O.C9H12O3.C9H14O2.C8H11IO2.C8H12O2.CH2O3.Na.H/c1-7(11)9-5-3-4-6-10(9)8(2)12;3*1-7-4-5-8(2)10(6-7)9(3)11;1-6(10)7-4-2-3-5-8(7)9(11)12;1-6-3-4-8(11)5-9(6)7(2)10;1-4-2-6(9)7-3-5(4)8(10)11-7;1-6-4-2-3-5-7(6)8(9)10;2-1-4-3;;/h3-4,9-10H,5-6H2,1-2H3;2*7-8,10H,4-6H2,1-3H3;4-5,7-8,10H,6H2,1-3H3;2-3,7-8H,4-5H2,1H3,(H,11,12);3-4,6,8-9,11H,5H2,1-2H3;4-7H,2-3H2,1H3;2-3,6-7H,4-5H2,1H3,(H,9,10);1,3H;;/q;;;;;;;;;+1;-1/t9-,10+;7-,8-,10+;7-,8-,10-;7-,8-,10+;7-,8-;6-,8+,9+;4-,5+,6-,7-;6-,7+;;;/m.1111111.../s1. The molecular formula is C75H118INaO17. The van der Waals surface area contributed by atoms with Gasteiger partial charge in [0.25, 0.3) is 0 Å². The molecule has 3 saturated carbocycles. The first-order valence-corrected chi connectivity index (χ1v) is 35.3. The van der Waals surface area contributed by atoms with Crippen LogP contribution in [0.5, 0.6) is 0 Å². The Kier molecular flexibility index (Phi) is 45.0. The van der Waals surface area contributed by atoms with Gasteiger partial charge in [0.2, 0.25) is 0 Å². The van der Waals surface area contributed by atoms with E-state index in [0.717, 1.165) is 63.2 Å². The molecule has 4 N–H and O–H groups in total. The zero-order chi connectivity index (χ0) is 71.0. The molecule has 8 aliphatic carbocycles. The Morgan fingerprint density at radius 2 is 0.809 bits per heavy atom. The van der Waals surface area contributed by atoms with Gasteiger partial charge in [0, 0.05) is 45.3 Å². The minimum atomic E-state index is -0.862. The fourth-order valence-corrected chi connectivity index (χ4v) is 15.2. The molecule has 1 aliphatic heterocycles. The number of carboxylic acid groups (broad SMARTS) is 2. The molecule has 0 aromatic rings. The van der Waals surface area contributed by atoms with E-state index < -0.39 is 24.0 Å². The van der Waals surface area contributed by atoms with E-state index in [1.807, 2.05) is 50.3 Å². The molecule has 0 unspecified atom stereocenters. The first-order chi connectivity index (χ1) is 43.5. The number of carboxylic acids is 2. The summed E-state index contributed by atoms with van der Waals surface area (Å²) in [5.74, 6) is 5.17. The molecule has 4 fully saturated rings. The zero-order valence-electron chi connectivity index (χ0n) is 60.8. The van der Waals surface area contributed by atoms with Crippen LogP contribution in [0.3, 0.4) is 0 Å². The van der Waals surface area contributed by atoms with Crippen LogP contribution in [0.15, 0.2) is 60.8 Å². The summed E-state index contributed by atoms with van der Waals surface area (Å²) < 4.78 is 5.77. The average molecular weight is 1440 g/mol. The predicted molar refractivity (Wildman–Crippen MR) is 372 cm³/mol. The van der Waals surface area contributed by atoms with Gasteiger partial charge in [-0.05, 0) is 192 Å². The van der Waals surface area contributed by atoms with Gasteiger partial charge in [0.15, 0.2) is 0 Å². The summed E-state index contributed by atoms with van der Waals surface area (Å²) in [5, 5.41) is 33.7. The molecular weight excluding hydrogens is 1320 g/mol. The van der Waals surface area contributed by atoms with Gasteiger partial charge in [-0.25, -0.2) is 5.26 Å². The van der Waals surface area contributed by atoms with Gasteiger partial charge in [-0.3, -0.25) is 52.7 Å². The Hall–Kier alpha value is -4.08. The topological polar surface area (TPSA) is 287 Å². The van der Waals surface area contributed by atoms with Crippen molar-refractivity contribution in [3.8, 4) is 0 Å². The molecule has 0 amide bonds. The molecule has 94 heavy (non-hydrogen) atoms. The Labute approximate surface area is 600 Å². The number of aliphatic hydroxyl groups excluding tert-OH is 1. The zero-order valence-corrected chi connectivity index (χ0v) is 64.0. The number of hydrogen-bond donors (Lipinski definition) is 4. The maximum Gasteiger partial charge on any atom is 1.00 e. The predicted octanol–water partition coefficient (Wildman–Crippen LogP) is 12.0. The number of esters is 1. The third-order valence-corrected chi connectivity index (χ3v) is 21.7. The number of allylic oxidation sites excluding steroid dienone is 9. The Morgan fingerprint density at radius 1 is 0.457 bits per heavy atom. The Bertz CT molecular complexity index is 2400. The van der Waals surface area contributed by atoms with Crippen LogP contribution in [-0.2, 0) is 62.4 Å². The molecule has 17 nitrogen and oxygen atoms in total. The van der Waals surface area contributed by atoms with Crippen molar-refractivity contribution >= 4 is 87.5 Å². The van der Waals surface area contributed by atoms with E-state index in [0.29, 0.717) is 94.3 Å². The summed E-state index contributed by atoms with van der Waals surface area (Å²) in [6.45, 7) is 30.6. The summed E-state index contributed by atoms with van der Waals surface area (Å²) in [6.07, 6.45) is 34.8. The van der Waals surface area contributed by atoms with Crippen molar-refractivity contribution in [2.75, 3.05) is 0 Å². The van der Waals surface area contributed by atoms with Crippen LogP contribution in [0.25, 0.3) is 0 Å². The maximum absolute atomic E-state index is 11.2. The fourth-order valence-electron chi connectivity index (χ4n) is 14.0. The first-order valence-electron chi connectivity index (χ1n) is 34.1. The van der Waals surface area contributed by atoms with E-state index in [1.165, 1.54) is 32.6 Å². The van der Waals surface area contributed by atoms with Crippen LogP contribution in [0.4, 0.5) is 0 Å². The average Bonchev–Trinajstić information content (AvgIpc) is 1.71. The van der Waals surface area contributed by atoms with Crippen molar-refractivity contribution in [3.63, 3.8) is 0 Å². The van der Waals surface area contributed by atoms with Crippen LogP contribution in [0.2, 0.25) is 0 Å². The second-order valence-corrected chi connectivity index (χ2v) is 29.9. The number of ether oxygens (including phenoxy) is 1. The number of carbonyl (C=O) groups is 11. The van der Waals surface area contributed by atoms with E-state index in [-0.39, 0.29) is 120 Å². The van der Waals surface area contributed by atoms with E-state index in [1.54, 1.807) is 47.6 Å². The van der Waals surface area contributed by atoms with Gasteiger partial charge in [-0.1, -0.05) is 159 Å². The summed E-state index contributed by atoms with van der Waals surface area (Å²) in [6, 6.07) is 0. The molecule has 2 bridgehead atoms. The molecule has 0 spiro atoms. The molecule has 528 valence electrons. The SMILES string of the molecule is CC(=O)[C@@H]1C[C@H](C)CC[C@H]1C.CC(=O)[C@H]1CC=CC[C@H]1C(=O)O.CC(=O)[C@H]1CC=CC[C@H]1C(C)=O.CC(=O)[C@H]1C[C@@H](O)C=C[C@H]1C.CC(=O)[C@H]1C[C@H](C)C=C[C@H]1C.CC(=O)[C@H]1C[C@H](C)CC[C@H]1C.C[C@@H]1CC=CC[C@@H]1C(=O)O.C[C@@H]1C[C@@H](I)[C@H]2C[C@@H]1C(=O)O2.O=COO.[H-].[Na+]. The second kappa shape index (κ2) is 47.0. The monoisotopic (exact) mass is 1440 g/mol. The van der Waals surface area contributed by atoms with Gasteiger partial charge in [0.1, 0.15) is 46.6 Å². The number of aliphatic hydroxyl groups is 1. The number of ketones is 7. The van der Waals surface area contributed by atoms with Crippen LogP contribution >= 0.6 is 22.6 Å². The van der Waals surface area contributed by atoms with Gasteiger partial charge in [-0.2, -0.15) is 0 Å². The number of rotatable bonds is 10. The summed E-state index contributed by atoms with van der Waals surface area (Å²) in [4.78, 5) is 122. The normalized spacial score (nSPS) is 34.4. The molecule has 22 atom stereocenters. The van der Waals surface area contributed by atoms with Crippen molar-refractivity contribution in [2.45, 2.75) is 230 Å². The largest absolute Gasteiger partial charge is 1.00 e. The Morgan fingerprint density at radius 3 is 1.13 bits per heavy atom. The van der Waals surface area contributed by atoms with Gasteiger partial charge in [0.05, 0.1) is 23.9 Å². The van der Waals surface area contributed by atoms with Gasteiger partial charge in [-0.15, -0.1) is 0 Å². The number of alkyl halides is 1. The molecule has 9 rings (SSSR count). The van der Waals surface area contributed by atoms with Crippen LogP contribution in [-0.4, -0.2) is 102 Å². The van der Waals surface area contributed by atoms with Crippen molar-refractivity contribution < 1.29 is 114 Å². The number of carbonyl (C=O) groups excluding carboxylic acids is 9. The van der Waals surface area contributed by atoms with Crippen molar-refractivity contribution in [2.24, 2.45) is 112 Å². The van der Waals surface area contributed by atoms with Gasteiger partial charge >= 0.3 is 53.9 Å². The first kappa shape index (κ1) is 89.9. The van der Waals surface area contributed by atoms with Crippen molar-refractivity contribution in [3.05, 3.63) is 60.8 Å². The number of fused-ring (bicyclic) bond motifs is 2. The molecule has 0 aromatic heterocycles. The van der Waals surface area contributed by atoms with Crippen molar-refractivity contribution in [1.82, 2.24) is 0 Å². The summed E-state index contributed by atoms with van der Waals surface area (Å²) in [7, 11) is 0. The van der Waals surface area contributed by atoms with Crippen molar-refractivity contribution in [1.29, 1.82) is 0 Å². The minimum absolute atomic E-state index is 0. The number of Topliss-reactive ketones (excluding diaryl/α,β-unsaturated/α-hetero) is 7. The maximum atomic E-state index is 11.2. The number of halogens is 1. The van der Waals surface area contributed by atoms with Gasteiger partial charge < -0.3 is 26.4 Å². The molecule has 1 heterocycles. The number of hydrogen-bond acceptors (Lipinski definition) is 15. The second-order valence-electron chi connectivity index (χ2n) is 28.3. The van der Waals surface area contributed by atoms with E-state index in [2.05, 4.69) is 94.2 Å². The third kappa shape index (κ3) is 33.0. The Balaban J connectivity index is 0. The number of aliphatic carboxylic acids is 2. The van der Waals surface area contributed by atoms with E-state index in [4.69, 9.17) is 25.0 Å². The van der Waals surface area contributed by atoms with E-state index >= 15 is 0 Å². The molecule has 0 radical (unpaired) electrons. The molecule has 1 saturated heterocycles. The minimum Gasteiger partial charge on any atom is -1.00 e. The fraction of sp³-hybridized carbons (Fsp3) is 0.720. The van der Waals surface area contributed by atoms with Crippen LogP contribution < -0.4 is 29.6 Å². The molecule has 0 aromatic carbocycles. The third-order valence-electron chi connectivity index (χ3n) is 20.4. The smallest absolute Gasteiger partial charge is 1.00 e. The summed E-state index contributed by atoms with van der Waals surface area (Å²) >= 11 is 2.39. The van der Waals surface area contributed by atoms with E-state index in [9.17, 15) is 53.1 Å².